The van der Waals surface area contributed by atoms with Gasteiger partial charge in [0.1, 0.15) is 0 Å². The molecule has 0 aromatic heterocycles. The number of hydrogen-bond acceptors (Lipinski definition) is 2. The predicted octanol–water partition coefficient (Wildman–Crippen LogP) is 3.21. The van der Waals surface area contributed by atoms with Crippen LogP contribution in [0, 0.1) is 5.41 Å². The highest BCUT2D eigenvalue weighted by Gasteiger charge is 2.44. The number of benzene rings is 1. The Morgan fingerprint density at radius 2 is 1.78 bits per heavy atom. The van der Waals surface area contributed by atoms with Crippen molar-refractivity contribution < 1.29 is 4.74 Å². The van der Waals surface area contributed by atoms with Gasteiger partial charge in [-0.15, -0.1) is 0 Å². The van der Waals surface area contributed by atoms with E-state index in [0.717, 1.165) is 19.7 Å². The lowest BCUT2D eigenvalue weighted by atomic mass is 10.1. The fourth-order valence-corrected chi connectivity index (χ4v) is 2.86. The van der Waals surface area contributed by atoms with Gasteiger partial charge in [-0.05, 0) is 37.8 Å². The van der Waals surface area contributed by atoms with Crippen molar-refractivity contribution in [1.82, 2.24) is 4.90 Å². The van der Waals surface area contributed by atoms with E-state index < -0.39 is 0 Å². The lowest BCUT2D eigenvalue weighted by molar-refractivity contribution is 0.0305. The molecule has 0 spiro atoms. The molecule has 98 valence electrons. The van der Waals surface area contributed by atoms with Crippen LogP contribution in [0.5, 0.6) is 0 Å². The monoisotopic (exact) mass is 245 g/mol. The van der Waals surface area contributed by atoms with Crippen LogP contribution in [-0.4, -0.2) is 24.2 Å². The Bertz CT molecular complexity index is 398. The van der Waals surface area contributed by atoms with Gasteiger partial charge in [0.2, 0.25) is 0 Å². The Balaban J connectivity index is 1.56. The maximum Gasteiger partial charge on any atom is 0.0538 e. The minimum Gasteiger partial charge on any atom is -0.378 e. The smallest absolute Gasteiger partial charge is 0.0538 e. The highest BCUT2D eigenvalue weighted by Crippen LogP contribution is 2.47. The average molecular weight is 245 g/mol. The molecule has 1 aliphatic carbocycles. The molecule has 2 heteroatoms. The summed E-state index contributed by atoms with van der Waals surface area (Å²) in [7, 11) is 0. The van der Waals surface area contributed by atoms with Gasteiger partial charge in [0, 0.05) is 25.0 Å². The minimum atomic E-state index is 0.359. The topological polar surface area (TPSA) is 12.5 Å². The summed E-state index contributed by atoms with van der Waals surface area (Å²) >= 11 is 0. The zero-order chi connectivity index (χ0) is 12.6. The molecule has 1 aromatic rings. The third kappa shape index (κ3) is 2.60. The van der Waals surface area contributed by atoms with Crippen LogP contribution >= 0.6 is 0 Å². The van der Waals surface area contributed by atoms with E-state index in [1.54, 1.807) is 0 Å². The average Bonchev–Trinajstić information content (AvgIpc) is 2.98. The molecular formula is C16H23NO. The van der Waals surface area contributed by atoms with E-state index in [2.05, 4.69) is 43.0 Å². The van der Waals surface area contributed by atoms with Crippen molar-refractivity contribution in [1.29, 1.82) is 0 Å². The molecular weight excluding hydrogens is 222 g/mol. The maximum absolute atomic E-state index is 5.83. The molecule has 0 saturated heterocycles. The molecule has 2 nitrogen and oxygen atoms in total. The highest BCUT2D eigenvalue weighted by molar-refractivity contribution is 5.30. The third-order valence-electron chi connectivity index (χ3n) is 4.15. The third-order valence-corrected chi connectivity index (χ3v) is 4.15. The Morgan fingerprint density at radius 1 is 1.17 bits per heavy atom. The molecule has 1 heterocycles. The van der Waals surface area contributed by atoms with Crippen LogP contribution in [0.15, 0.2) is 24.3 Å². The minimum absolute atomic E-state index is 0.359. The molecule has 0 atom stereocenters. The summed E-state index contributed by atoms with van der Waals surface area (Å²) in [4.78, 5) is 2.58. The van der Waals surface area contributed by atoms with Crippen LogP contribution in [0.1, 0.15) is 37.8 Å². The Morgan fingerprint density at radius 3 is 2.28 bits per heavy atom. The van der Waals surface area contributed by atoms with E-state index >= 15 is 0 Å². The molecule has 0 N–H and O–H groups in total. The Hall–Kier alpha value is -0.860. The quantitative estimate of drug-likeness (QED) is 0.790. The van der Waals surface area contributed by atoms with Crippen LogP contribution in [0.25, 0.3) is 0 Å². The first kappa shape index (κ1) is 12.2. The van der Waals surface area contributed by atoms with Gasteiger partial charge >= 0.3 is 0 Å². The summed E-state index contributed by atoms with van der Waals surface area (Å²) in [6.07, 6.45) is 3.04. The molecule has 1 saturated carbocycles. The lowest BCUT2D eigenvalue weighted by Crippen LogP contribution is -2.29. The van der Waals surface area contributed by atoms with E-state index in [1.165, 1.54) is 30.5 Å². The van der Waals surface area contributed by atoms with Gasteiger partial charge in [0.15, 0.2) is 0 Å². The zero-order valence-corrected chi connectivity index (χ0v) is 11.5. The highest BCUT2D eigenvalue weighted by atomic mass is 16.5. The number of rotatable bonds is 5. The predicted molar refractivity (Wildman–Crippen MR) is 73.3 cm³/mol. The van der Waals surface area contributed by atoms with E-state index in [0.29, 0.717) is 11.5 Å². The van der Waals surface area contributed by atoms with Crippen molar-refractivity contribution >= 4 is 0 Å². The van der Waals surface area contributed by atoms with Crippen LogP contribution in [0.3, 0.4) is 0 Å². The molecule has 0 bridgehead atoms. The van der Waals surface area contributed by atoms with Gasteiger partial charge in [-0.2, -0.15) is 0 Å². The zero-order valence-electron chi connectivity index (χ0n) is 11.5. The fourth-order valence-electron chi connectivity index (χ4n) is 2.86. The molecule has 2 aliphatic rings. The number of fused-ring (bicyclic) bond motifs is 1. The van der Waals surface area contributed by atoms with E-state index in [9.17, 15) is 0 Å². The van der Waals surface area contributed by atoms with Crippen molar-refractivity contribution in [2.45, 2.75) is 45.9 Å². The number of ether oxygens (including phenoxy) is 1. The van der Waals surface area contributed by atoms with Crippen LogP contribution in [0.2, 0.25) is 0 Å². The van der Waals surface area contributed by atoms with Crippen LogP contribution in [0.4, 0.5) is 0 Å². The number of nitrogens with zero attached hydrogens (tertiary/aromatic N) is 1. The van der Waals surface area contributed by atoms with Crippen molar-refractivity contribution in [2.24, 2.45) is 5.41 Å². The van der Waals surface area contributed by atoms with Gasteiger partial charge in [-0.3, -0.25) is 4.90 Å². The summed E-state index contributed by atoms with van der Waals surface area (Å²) in [5.41, 5.74) is 3.49. The van der Waals surface area contributed by atoms with Gasteiger partial charge in [-0.25, -0.2) is 0 Å². The van der Waals surface area contributed by atoms with Crippen molar-refractivity contribution in [2.75, 3.05) is 13.2 Å². The molecule has 1 aromatic carbocycles. The second-order valence-electron chi connectivity index (χ2n) is 6.27. The van der Waals surface area contributed by atoms with Crippen molar-refractivity contribution in [3.05, 3.63) is 35.4 Å². The number of hydrogen-bond donors (Lipinski definition) is 0. The second kappa shape index (κ2) is 4.67. The molecule has 0 unspecified atom stereocenters. The fraction of sp³-hybridized carbons (Fsp3) is 0.625. The Kier molecular flexibility index (Phi) is 3.16. The van der Waals surface area contributed by atoms with Gasteiger partial charge in [0.25, 0.3) is 0 Å². The second-order valence-corrected chi connectivity index (χ2v) is 6.27. The SMILES string of the molecule is CC(C)OCC1(CN2Cc3ccccc3C2)CC1. The standard InChI is InChI=1S/C16H23NO/c1-13(2)18-12-16(7-8-16)11-17-9-14-5-3-4-6-15(14)10-17/h3-6,13H,7-12H2,1-2H3. The lowest BCUT2D eigenvalue weighted by Gasteiger charge is -2.23. The summed E-state index contributed by atoms with van der Waals surface area (Å²) in [5.74, 6) is 0. The van der Waals surface area contributed by atoms with Crippen LogP contribution < -0.4 is 0 Å². The molecule has 18 heavy (non-hydrogen) atoms. The molecule has 1 aliphatic heterocycles. The Labute approximate surface area is 110 Å². The van der Waals surface area contributed by atoms with E-state index in [4.69, 9.17) is 4.74 Å². The molecule has 0 amide bonds. The van der Waals surface area contributed by atoms with E-state index in [1.807, 2.05) is 0 Å². The van der Waals surface area contributed by atoms with Gasteiger partial charge in [-0.1, -0.05) is 24.3 Å². The maximum atomic E-state index is 5.83. The summed E-state index contributed by atoms with van der Waals surface area (Å²) in [5, 5.41) is 0. The molecule has 3 rings (SSSR count). The first-order chi connectivity index (χ1) is 8.67. The van der Waals surface area contributed by atoms with Gasteiger partial charge < -0.3 is 4.74 Å². The summed E-state index contributed by atoms with van der Waals surface area (Å²) in [6.45, 7) is 8.65. The first-order valence-corrected chi connectivity index (χ1v) is 7.08. The first-order valence-electron chi connectivity index (χ1n) is 7.08. The van der Waals surface area contributed by atoms with Crippen LogP contribution in [-0.2, 0) is 17.8 Å². The normalized spacial score (nSPS) is 21.3. The van der Waals surface area contributed by atoms with E-state index in [-0.39, 0.29) is 0 Å². The summed E-state index contributed by atoms with van der Waals surface area (Å²) in [6, 6.07) is 8.83. The van der Waals surface area contributed by atoms with Crippen molar-refractivity contribution in [3.8, 4) is 0 Å². The molecule has 1 fully saturated rings. The largest absolute Gasteiger partial charge is 0.378 e. The molecule has 0 radical (unpaired) electrons. The van der Waals surface area contributed by atoms with Crippen molar-refractivity contribution in [3.63, 3.8) is 0 Å². The van der Waals surface area contributed by atoms with Gasteiger partial charge in [0.05, 0.1) is 12.7 Å². The summed E-state index contributed by atoms with van der Waals surface area (Å²) < 4.78 is 5.83.